The lowest BCUT2D eigenvalue weighted by atomic mass is 9.86. The maximum absolute atomic E-state index is 13.0. The van der Waals surface area contributed by atoms with Crippen LogP contribution in [0.25, 0.3) is 10.6 Å². The highest BCUT2D eigenvalue weighted by Gasteiger charge is 2.53. The lowest BCUT2D eigenvalue weighted by molar-refractivity contribution is 0.0929. The summed E-state index contributed by atoms with van der Waals surface area (Å²) in [5.74, 6) is 0.559. The van der Waals surface area contributed by atoms with Crippen LogP contribution in [0.2, 0.25) is 0 Å². The lowest BCUT2D eigenvalue weighted by Crippen LogP contribution is -2.31. The normalized spacial score (nSPS) is 31.7. The van der Waals surface area contributed by atoms with Crippen LogP contribution in [0.4, 0.5) is 0 Å². The molecule has 2 fully saturated rings. The van der Waals surface area contributed by atoms with Gasteiger partial charge >= 0.3 is 0 Å². The van der Waals surface area contributed by atoms with Gasteiger partial charge < -0.3 is 4.74 Å². The molecule has 2 saturated heterocycles. The van der Waals surface area contributed by atoms with E-state index in [0.717, 1.165) is 10.6 Å². The maximum Gasteiger partial charge on any atom is 0.261 e. The predicted octanol–water partition coefficient (Wildman–Crippen LogP) is 2.38. The molecule has 1 aromatic heterocycles. The number of hydrogen-bond acceptors (Lipinski definition) is 5. The summed E-state index contributed by atoms with van der Waals surface area (Å²) in [7, 11) is -3.54. The average molecular weight is 360 g/mol. The van der Waals surface area contributed by atoms with Crippen molar-refractivity contribution in [2.75, 3.05) is 13.1 Å². The largest absolute Gasteiger partial charge is 0.366 e. The van der Waals surface area contributed by atoms with Crippen LogP contribution in [-0.4, -0.2) is 43.0 Å². The van der Waals surface area contributed by atoms with E-state index in [2.05, 4.69) is 17.1 Å². The van der Waals surface area contributed by atoms with Crippen molar-refractivity contribution < 1.29 is 13.2 Å². The molecule has 2 bridgehead atoms. The van der Waals surface area contributed by atoms with Crippen LogP contribution in [0.1, 0.15) is 0 Å². The van der Waals surface area contributed by atoms with E-state index in [0.29, 0.717) is 13.1 Å². The van der Waals surface area contributed by atoms with Gasteiger partial charge in [-0.3, -0.25) is 0 Å². The Kier molecular flexibility index (Phi) is 3.22. The van der Waals surface area contributed by atoms with Crippen LogP contribution in [0, 0.1) is 11.8 Å². The second-order valence-corrected chi connectivity index (χ2v) is 9.20. The summed E-state index contributed by atoms with van der Waals surface area (Å²) in [6.07, 6.45) is 4.29. The molecule has 1 aromatic carbocycles. The summed E-state index contributed by atoms with van der Waals surface area (Å²) in [5.41, 5.74) is 0.942. The zero-order valence-corrected chi connectivity index (χ0v) is 14.4. The SMILES string of the molecule is O=S(=O)(c1csc(-c2ccccc2)n1)N1CC2C3C=CC(O3)C2C1. The fraction of sp³-hybridized carbons (Fsp3) is 0.353. The van der Waals surface area contributed by atoms with Gasteiger partial charge in [-0.05, 0) is 0 Å². The van der Waals surface area contributed by atoms with E-state index in [9.17, 15) is 8.42 Å². The van der Waals surface area contributed by atoms with Crippen molar-refractivity contribution in [3.8, 4) is 10.6 Å². The van der Waals surface area contributed by atoms with Crippen molar-refractivity contribution in [1.29, 1.82) is 0 Å². The standard InChI is InChI=1S/C17H16N2O3S2/c20-24(21,16-10-23-17(18-16)11-4-2-1-3-5-11)19-8-12-13(9-19)15-7-6-14(12)22-15/h1-7,10,12-15H,8-9H2. The molecule has 0 N–H and O–H groups in total. The molecule has 4 heterocycles. The van der Waals surface area contributed by atoms with Crippen molar-refractivity contribution in [2.45, 2.75) is 17.2 Å². The molecular formula is C17H16N2O3S2. The highest BCUT2D eigenvalue weighted by molar-refractivity contribution is 7.89. The Hall–Kier alpha value is -1.54. The van der Waals surface area contributed by atoms with Gasteiger partial charge in [0, 0.05) is 35.9 Å². The first-order valence-corrected chi connectivity index (χ1v) is 10.3. The van der Waals surface area contributed by atoms with Gasteiger partial charge in [0.2, 0.25) is 0 Å². The number of aromatic nitrogens is 1. The molecule has 0 saturated carbocycles. The number of rotatable bonds is 3. The monoisotopic (exact) mass is 360 g/mol. The van der Waals surface area contributed by atoms with Gasteiger partial charge in [0.05, 0.1) is 12.2 Å². The molecule has 5 rings (SSSR count). The molecule has 5 nitrogen and oxygen atoms in total. The number of benzene rings is 1. The van der Waals surface area contributed by atoms with E-state index in [1.54, 1.807) is 9.69 Å². The van der Waals surface area contributed by atoms with Gasteiger partial charge in [-0.1, -0.05) is 42.5 Å². The average Bonchev–Trinajstić information content (AvgIpc) is 3.36. The van der Waals surface area contributed by atoms with E-state index in [1.165, 1.54) is 11.3 Å². The highest BCUT2D eigenvalue weighted by Crippen LogP contribution is 2.45. The van der Waals surface area contributed by atoms with Crippen LogP contribution < -0.4 is 0 Å². The van der Waals surface area contributed by atoms with Crippen LogP contribution in [0.15, 0.2) is 52.9 Å². The molecular weight excluding hydrogens is 344 g/mol. The van der Waals surface area contributed by atoms with Gasteiger partial charge in [-0.15, -0.1) is 11.3 Å². The molecule has 4 atom stereocenters. The Balaban J connectivity index is 1.42. The number of thiazole rings is 1. The zero-order valence-electron chi connectivity index (χ0n) is 12.8. The van der Waals surface area contributed by atoms with Crippen molar-refractivity contribution in [3.63, 3.8) is 0 Å². The summed E-state index contributed by atoms with van der Waals surface area (Å²) >= 11 is 1.37. The van der Waals surface area contributed by atoms with Crippen LogP contribution in [-0.2, 0) is 14.8 Å². The Morgan fingerprint density at radius 2 is 1.75 bits per heavy atom. The summed E-state index contributed by atoms with van der Waals surface area (Å²) < 4.78 is 33.3. The first kappa shape index (κ1) is 14.8. The molecule has 124 valence electrons. The quantitative estimate of drug-likeness (QED) is 0.789. The third-order valence-corrected chi connectivity index (χ3v) is 7.89. The number of ether oxygens (including phenoxy) is 1. The molecule has 0 aliphatic carbocycles. The minimum Gasteiger partial charge on any atom is -0.366 e. The molecule has 3 aliphatic rings. The van der Waals surface area contributed by atoms with Gasteiger partial charge in [-0.2, -0.15) is 4.31 Å². The summed E-state index contributed by atoms with van der Waals surface area (Å²) in [6, 6.07) is 9.67. The fourth-order valence-corrected chi connectivity index (χ4v) is 6.49. The van der Waals surface area contributed by atoms with E-state index in [-0.39, 0.29) is 29.1 Å². The molecule has 0 radical (unpaired) electrons. The highest BCUT2D eigenvalue weighted by atomic mass is 32.2. The Morgan fingerprint density at radius 3 is 2.42 bits per heavy atom. The minimum atomic E-state index is -3.54. The van der Waals surface area contributed by atoms with Crippen molar-refractivity contribution in [1.82, 2.24) is 9.29 Å². The minimum absolute atomic E-state index is 0.0792. The molecule has 2 aromatic rings. The number of sulfonamides is 1. The second-order valence-electron chi connectivity index (χ2n) is 6.46. The van der Waals surface area contributed by atoms with Crippen LogP contribution >= 0.6 is 11.3 Å². The van der Waals surface area contributed by atoms with Gasteiger partial charge in [0.25, 0.3) is 10.0 Å². The van der Waals surface area contributed by atoms with Gasteiger partial charge in [-0.25, -0.2) is 13.4 Å². The first-order chi connectivity index (χ1) is 11.6. The topological polar surface area (TPSA) is 59.5 Å². The first-order valence-electron chi connectivity index (χ1n) is 7.98. The smallest absolute Gasteiger partial charge is 0.261 e. The maximum atomic E-state index is 13.0. The van der Waals surface area contributed by atoms with E-state index < -0.39 is 10.0 Å². The summed E-state index contributed by atoms with van der Waals surface area (Å²) in [5, 5.41) is 2.54. The van der Waals surface area contributed by atoms with Crippen LogP contribution in [0.3, 0.4) is 0 Å². The number of hydrogen-bond donors (Lipinski definition) is 0. The Bertz CT molecular complexity index is 887. The van der Waals surface area contributed by atoms with Crippen molar-refractivity contribution in [2.24, 2.45) is 11.8 Å². The van der Waals surface area contributed by atoms with Gasteiger partial charge in [0.1, 0.15) is 5.01 Å². The second kappa shape index (κ2) is 5.23. The van der Waals surface area contributed by atoms with E-state index >= 15 is 0 Å². The molecule has 4 unspecified atom stereocenters. The third kappa shape index (κ3) is 2.12. The van der Waals surface area contributed by atoms with Gasteiger partial charge in [0.15, 0.2) is 5.03 Å². The van der Waals surface area contributed by atoms with Crippen molar-refractivity contribution >= 4 is 21.4 Å². The van der Waals surface area contributed by atoms with Crippen LogP contribution in [0.5, 0.6) is 0 Å². The zero-order chi connectivity index (χ0) is 16.3. The molecule has 0 spiro atoms. The summed E-state index contributed by atoms with van der Waals surface area (Å²) in [6.45, 7) is 1.05. The Labute approximate surface area is 144 Å². The molecule has 7 heteroatoms. The molecule has 24 heavy (non-hydrogen) atoms. The Morgan fingerprint density at radius 1 is 1.08 bits per heavy atom. The number of nitrogens with zero attached hydrogens (tertiary/aromatic N) is 2. The van der Waals surface area contributed by atoms with E-state index in [4.69, 9.17) is 4.74 Å². The molecule has 3 aliphatic heterocycles. The third-order valence-electron chi connectivity index (χ3n) is 5.14. The van der Waals surface area contributed by atoms with E-state index in [1.807, 2.05) is 30.3 Å². The predicted molar refractivity (Wildman–Crippen MR) is 91.1 cm³/mol. The number of fused-ring (bicyclic) bond motifs is 5. The van der Waals surface area contributed by atoms with Crippen molar-refractivity contribution in [3.05, 3.63) is 47.9 Å². The lowest BCUT2D eigenvalue weighted by Gasteiger charge is -2.17. The summed E-state index contributed by atoms with van der Waals surface area (Å²) in [4.78, 5) is 4.39. The molecule has 0 amide bonds. The fourth-order valence-electron chi connectivity index (χ4n) is 3.91.